The van der Waals surface area contributed by atoms with Gasteiger partial charge in [0.1, 0.15) is 5.41 Å². The van der Waals surface area contributed by atoms with Gasteiger partial charge in [0, 0.05) is 6.54 Å². The monoisotopic (exact) mass is 215 g/mol. The van der Waals surface area contributed by atoms with E-state index in [4.69, 9.17) is 9.84 Å². The molecule has 0 bridgehead atoms. The van der Waals surface area contributed by atoms with Crippen LogP contribution >= 0.6 is 0 Å². The standard InChI is InChI=1S/C11H21NO3/c1-9(2)4-3-5-12-10(14)11(6-13)7-15-8-11/h9,13H,3-8H2,1-2H3,(H,12,14). The van der Waals surface area contributed by atoms with Gasteiger partial charge in [-0.3, -0.25) is 4.79 Å². The van der Waals surface area contributed by atoms with Crippen LogP contribution in [-0.2, 0) is 9.53 Å². The van der Waals surface area contributed by atoms with Crippen molar-refractivity contribution in [1.82, 2.24) is 5.32 Å². The Hall–Kier alpha value is -0.610. The number of nitrogens with one attached hydrogen (secondary N) is 1. The smallest absolute Gasteiger partial charge is 0.233 e. The molecule has 0 unspecified atom stereocenters. The van der Waals surface area contributed by atoms with E-state index in [9.17, 15) is 4.79 Å². The highest BCUT2D eigenvalue weighted by molar-refractivity contribution is 5.83. The van der Waals surface area contributed by atoms with Crippen LogP contribution < -0.4 is 5.32 Å². The summed E-state index contributed by atoms with van der Waals surface area (Å²) in [4.78, 5) is 11.7. The van der Waals surface area contributed by atoms with E-state index in [0.29, 0.717) is 25.7 Å². The lowest BCUT2D eigenvalue weighted by atomic mass is 9.86. The molecule has 0 aromatic carbocycles. The van der Waals surface area contributed by atoms with E-state index in [1.807, 2.05) is 0 Å². The quantitative estimate of drug-likeness (QED) is 0.636. The van der Waals surface area contributed by atoms with Crippen molar-refractivity contribution < 1.29 is 14.6 Å². The van der Waals surface area contributed by atoms with Crippen LogP contribution in [0.1, 0.15) is 26.7 Å². The maximum atomic E-state index is 11.7. The molecule has 2 N–H and O–H groups in total. The van der Waals surface area contributed by atoms with Gasteiger partial charge in [-0.2, -0.15) is 0 Å². The molecular weight excluding hydrogens is 194 g/mol. The van der Waals surface area contributed by atoms with Crippen LogP contribution in [0.15, 0.2) is 0 Å². The van der Waals surface area contributed by atoms with Gasteiger partial charge in [0.15, 0.2) is 0 Å². The number of aliphatic hydroxyl groups excluding tert-OH is 1. The molecule has 0 aromatic rings. The number of amides is 1. The van der Waals surface area contributed by atoms with Crippen LogP contribution in [-0.4, -0.2) is 37.4 Å². The minimum Gasteiger partial charge on any atom is -0.395 e. The first-order valence-corrected chi connectivity index (χ1v) is 5.57. The molecule has 0 spiro atoms. The molecule has 1 amide bonds. The van der Waals surface area contributed by atoms with Gasteiger partial charge in [0.2, 0.25) is 5.91 Å². The van der Waals surface area contributed by atoms with Gasteiger partial charge in [-0.1, -0.05) is 13.8 Å². The summed E-state index contributed by atoms with van der Waals surface area (Å²) in [6.07, 6.45) is 2.11. The van der Waals surface area contributed by atoms with E-state index in [1.165, 1.54) is 0 Å². The molecule has 15 heavy (non-hydrogen) atoms. The topological polar surface area (TPSA) is 58.6 Å². The molecule has 1 fully saturated rings. The first-order chi connectivity index (χ1) is 7.10. The summed E-state index contributed by atoms with van der Waals surface area (Å²) in [6.45, 7) is 5.59. The van der Waals surface area contributed by atoms with E-state index in [2.05, 4.69) is 19.2 Å². The van der Waals surface area contributed by atoms with Crippen LogP contribution in [0.3, 0.4) is 0 Å². The summed E-state index contributed by atoms with van der Waals surface area (Å²) < 4.78 is 4.97. The lowest BCUT2D eigenvalue weighted by Crippen LogP contribution is -2.56. The molecule has 1 saturated heterocycles. The van der Waals surface area contributed by atoms with Crippen molar-refractivity contribution in [1.29, 1.82) is 0 Å². The average Bonchev–Trinajstić information content (AvgIpc) is 2.11. The molecule has 1 aliphatic heterocycles. The molecule has 4 heteroatoms. The Bertz CT molecular complexity index is 206. The lowest BCUT2D eigenvalue weighted by Gasteiger charge is -2.38. The van der Waals surface area contributed by atoms with Crippen molar-refractivity contribution in [3.05, 3.63) is 0 Å². The fourth-order valence-corrected chi connectivity index (χ4v) is 1.54. The third-order valence-corrected chi connectivity index (χ3v) is 2.78. The molecule has 1 heterocycles. The van der Waals surface area contributed by atoms with Crippen molar-refractivity contribution in [2.45, 2.75) is 26.7 Å². The van der Waals surface area contributed by atoms with E-state index in [-0.39, 0.29) is 12.5 Å². The van der Waals surface area contributed by atoms with Gasteiger partial charge >= 0.3 is 0 Å². The van der Waals surface area contributed by atoms with Crippen molar-refractivity contribution in [3.8, 4) is 0 Å². The number of ether oxygens (including phenoxy) is 1. The van der Waals surface area contributed by atoms with Gasteiger partial charge in [-0.05, 0) is 18.8 Å². The van der Waals surface area contributed by atoms with E-state index < -0.39 is 5.41 Å². The van der Waals surface area contributed by atoms with E-state index in [0.717, 1.165) is 12.8 Å². The number of carbonyl (C=O) groups excluding carboxylic acids is 1. The minimum absolute atomic E-state index is 0.0694. The molecule has 0 aromatic heterocycles. The number of hydrogen-bond donors (Lipinski definition) is 2. The van der Waals surface area contributed by atoms with Crippen LogP contribution in [0.5, 0.6) is 0 Å². The molecule has 1 rings (SSSR count). The zero-order valence-corrected chi connectivity index (χ0v) is 9.58. The number of aliphatic hydroxyl groups is 1. The maximum absolute atomic E-state index is 11.7. The highest BCUT2D eigenvalue weighted by Gasteiger charge is 2.45. The molecule has 1 aliphatic rings. The van der Waals surface area contributed by atoms with Gasteiger partial charge in [0.05, 0.1) is 19.8 Å². The molecule has 88 valence electrons. The fourth-order valence-electron chi connectivity index (χ4n) is 1.54. The zero-order valence-electron chi connectivity index (χ0n) is 9.58. The molecule has 0 atom stereocenters. The highest BCUT2D eigenvalue weighted by Crippen LogP contribution is 2.26. The predicted octanol–water partition coefficient (Wildman–Crippen LogP) is 0.548. The SMILES string of the molecule is CC(C)CCCNC(=O)C1(CO)COC1. The van der Waals surface area contributed by atoms with Crippen molar-refractivity contribution in [2.24, 2.45) is 11.3 Å². The van der Waals surface area contributed by atoms with Crippen molar-refractivity contribution in [2.75, 3.05) is 26.4 Å². The fraction of sp³-hybridized carbons (Fsp3) is 0.909. The van der Waals surface area contributed by atoms with Gasteiger partial charge in [-0.25, -0.2) is 0 Å². The van der Waals surface area contributed by atoms with E-state index >= 15 is 0 Å². The molecule has 0 aliphatic carbocycles. The molecule has 4 nitrogen and oxygen atoms in total. The van der Waals surface area contributed by atoms with Crippen molar-refractivity contribution in [3.63, 3.8) is 0 Å². The van der Waals surface area contributed by atoms with Gasteiger partial charge in [0.25, 0.3) is 0 Å². The Morgan fingerprint density at radius 3 is 2.60 bits per heavy atom. The van der Waals surface area contributed by atoms with Crippen LogP contribution in [0, 0.1) is 11.3 Å². The Balaban J connectivity index is 2.18. The van der Waals surface area contributed by atoms with Gasteiger partial charge < -0.3 is 15.2 Å². The summed E-state index contributed by atoms with van der Waals surface area (Å²) in [5.41, 5.74) is -0.655. The molecule has 0 radical (unpaired) electrons. The first-order valence-electron chi connectivity index (χ1n) is 5.57. The normalized spacial score (nSPS) is 18.7. The molecular formula is C11H21NO3. The second-order valence-corrected chi connectivity index (χ2v) is 4.72. The number of hydrogen-bond acceptors (Lipinski definition) is 3. The maximum Gasteiger partial charge on any atom is 0.233 e. The summed E-state index contributed by atoms with van der Waals surface area (Å²) in [6, 6.07) is 0. The third-order valence-electron chi connectivity index (χ3n) is 2.78. The van der Waals surface area contributed by atoms with E-state index in [1.54, 1.807) is 0 Å². The largest absolute Gasteiger partial charge is 0.395 e. The number of rotatable bonds is 6. The van der Waals surface area contributed by atoms with Crippen LogP contribution in [0.25, 0.3) is 0 Å². The third kappa shape index (κ3) is 3.18. The predicted molar refractivity (Wildman–Crippen MR) is 57.4 cm³/mol. The summed E-state index contributed by atoms with van der Waals surface area (Å²) in [7, 11) is 0. The second-order valence-electron chi connectivity index (χ2n) is 4.72. The first kappa shape index (κ1) is 12.5. The highest BCUT2D eigenvalue weighted by atomic mass is 16.5. The van der Waals surface area contributed by atoms with Crippen LogP contribution in [0.2, 0.25) is 0 Å². The van der Waals surface area contributed by atoms with Crippen molar-refractivity contribution >= 4 is 5.91 Å². The van der Waals surface area contributed by atoms with Crippen LogP contribution in [0.4, 0.5) is 0 Å². The Morgan fingerprint density at radius 2 is 2.20 bits per heavy atom. The Labute approximate surface area is 91.0 Å². The molecule has 0 saturated carbocycles. The second kappa shape index (κ2) is 5.47. The zero-order chi connectivity index (χ0) is 11.3. The summed E-state index contributed by atoms with van der Waals surface area (Å²) >= 11 is 0. The number of carbonyl (C=O) groups is 1. The minimum atomic E-state index is -0.655. The Morgan fingerprint density at radius 1 is 1.53 bits per heavy atom. The Kier molecular flexibility index (Phi) is 4.54. The average molecular weight is 215 g/mol. The lowest BCUT2D eigenvalue weighted by molar-refractivity contribution is -0.170. The summed E-state index contributed by atoms with van der Waals surface area (Å²) in [5.74, 6) is 0.598. The van der Waals surface area contributed by atoms with Gasteiger partial charge in [-0.15, -0.1) is 0 Å². The summed E-state index contributed by atoms with van der Waals surface area (Å²) in [5, 5.41) is 12.0.